The zero-order valence-corrected chi connectivity index (χ0v) is 29.1. The molecule has 7 atom stereocenters. The number of aromatic nitrogens is 2. The molecule has 0 aliphatic heterocycles. The summed E-state index contributed by atoms with van der Waals surface area (Å²) in [5.41, 5.74) is 0.334. The van der Waals surface area contributed by atoms with Gasteiger partial charge in [0, 0.05) is 12.3 Å². The Bertz CT molecular complexity index is 1280. The van der Waals surface area contributed by atoms with Crippen molar-refractivity contribution in [2.75, 3.05) is 6.61 Å². The highest BCUT2D eigenvalue weighted by atomic mass is 16.6. The summed E-state index contributed by atoms with van der Waals surface area (Å²) >= 11 is 0. The molecule has 2 bridgehead atoms. The van der Waals surface area contributed by atoms with Gasteiger partial charge in [0.05, 0.1) is 28.9 Å². The summed E-state index contributed by atoms with van der Waals surface area (Å²) in [7, 11) is 0. The van der Waals surface area contributed by atoms with Crippen molar-refractivity contribution in [2.24, 2.45) is 34.5 Å². The van der Waals surface area contributed by atoms with E-state index < -0.39 is 23.1 Å². The molecular formula is C36H58N2O5. The van der Waals surface area contributed by atoms with E-state index in [9.17, 15) is 19.8 Å². The third-order valence-electron chi connectivity index (χ3n) is 10.8. The lowest BCUT2D eigenvalue weighted by atomic mass is 9.55. The van der Waals surface area contributed by atoms with Crippen LogP contribution in [-0.4, -0.2) is 50.1 Å². The number of aliphatic hydroxyl groups excluding tert-OH is 1. The first-order chi connectivity index (χ1) is 19.8. The fourth-order valence-corrected chi connectivity index (χ4v) is 8.57. The number of esters is 1. The summed E-state index contributed by atoms with van der Waals surface area (Å²) in [6, 6.07) is 0. The Kier molecular flexibility index (Phi) is 10.1. The molecule has 1 heterocycles. The lowest BCUT2D eigenvalue weighted by Gasteiger charge is -2.52. The van der Waals surface area contributed by atoms with Crippen molar-refractivity contribution < 1.29 is 24.5 Å². The maximum Gasteiger partial charge on any atom is 0.342 e. The molecule has 0 radical (unpaired) electrons. The quantitative estimate of drug-likeness (QED) is 0.256. The Morgan fingerprint density at radius 2 is 1.84 bits per heavy atom. The van der Waals surface area contributed by atoms with E-state index in [0.717, 1.165) is 12.0 Å². The number of ether oxygens (including phenoxy) is 1. The number of allylic oxidation sites excluding steroid dienone is 3. The number of fused-ring (bicyclic) bond motifs is 4. The zero-order valence-electron chi connectivity index (χ0n) is 29.1. The third-order valence-corrected chi connectivity index (χ3v) is 10.8. The number of aliphatic hydroxyl groups is 2. The average Bonchev–Trinajstić information content (AvgIpc) is 3.34. The Morgan fingerprint density at radius 1 is 1.23 bits per heavy atom. The van der Waals surface area contributed by atoms with Crippen molar-refractivity contribution in [3.05, 3.63) is 40.2 Å². The van der Waals surface area contributed by atoms with E-state index >= 15 is 0 Å². The van der Waals surface area contributed by atoms with Crippen molar-refractivity contribution in [2.45, 2.75) is 133 Å². The van der Waals surface area contributed by atoms with Gasteiger partial charge in [0.15, 0.2) is 0 Å². The molecule has 1 aromatic heterocycles. The highest BCUT2D eigenvalue weighted by molar-refractivity contribution is 5.93. The number of rotatable bonds is 7. The van der Waals surface area contributed by atoms with Crippen LogP contribution in [0.25, 0.3) is 0 Å². The number of carbonyl (C=O) groups excluding carboxylic acids is 2. The van der Waals surface area contributed by atoms with Crippen LogP contribution in [0.4, 0.5) is 0 Å². The van der Waals surface area contributed by atoms with Crippen LogP contribution in [0.3, 0.4) is 0 Å². The van der Waals surface area contributed by atoms with E-state index in [1.54, 1.807) is 13.8 Å². The van der Waals surface area contributed by atoms with Gasteiger partial charge >= 0.3 is 5.97 Å². The van der Waals surface area contributed by atoms with E-state index in [1.807, 2.05) is 66.1 Å². The number of ketones is 1. The van der Waals surface area contributed by atoms with Crippen LogP contribution in [0.1, 0.15) is 124 Å². The van der Waals surface area contributed by atoms with E-state index in [0.29, 0.717) is 41.3 Å². The van der Waals surface area contributed by atoms with Crippen LogP contribution in [-0.2, 0) is 15.1 Å². The van der Waals surface area contributed by atoms with E-state index in [2.05, 4.69) is 31.9 Å². The Labute approximate surface area is 260 Å². The van der Waals surface area contributed by atoms with Crippen molar-refractivity contribution in [1.82, 2.24) is 9.78 Å². The molecule has 242 valence electrons. The third kappa shape index (κ3) is 5.81. The first-order valence-electron chi connectivity index (χ1n) is 16.3. The SMILES string of the molecule is CC.CC(C)=CCCC12C(=O)C(C=C(CO)CC1(O)C(C)OC(=O)c1c(C)nn(C(C)(C)C)c1C)[C@H]1C(C[C@H]2C)C1(C)C. The lowest BCUT2D eigenvalue weighted by molar-refractivity contribution is -0.188. The minimum atomic E-state index is -1.69. The average molecular weight is 599 g/mol. The maximum atomic E-state index is 14.9. The number of aryl methyl sites for hydroxylation is 1. The summed E-state index contributed by atoms with van der Waals surface area (Å²) in [6.45, 7) is 25.8. The highest BCUT2D eigenvalue weighted by Crippen LogP contribution is 2.71. The molecule has 0 spiro atoms. The van der Waals surface area contributed by atoms with Gasteiger partial charge in [0.25, 0.3) is 0 Å². The van der Waals surface area contributed by atoms with Gasteiger partial charge in [0.1, 0.15) is 23.1 Å². The van der Waals surface area contributed by atoms with Gasteiger partial charge in [-0.25, -0.2) is 4.79 Å². The summed E-state index contributed by atoms with van der Waals surface area (Å²) in [6.07, 6.45) is 5.07. The largest absolute Gasteiger partial charge is 0.456 e. The highest BCUT2D eigenvalue weighted by Gasteiger charge is 2.72. The molecule has 3 aliphatic rings. The molecule has 2 N–H and O–H groups in total. The standard InChI is InChI=1S/C34H52N2O5.C2H6/c1-19(2)13-12-14-33-20(3)15-26-28(32(26,10)11)25(29(33)38)16-24(18-37)17-34(33,40)23(6)41-30(39)27-21(4)35-36(22(27)5)31(7,8)9;1-2/h13,16,20,23,25-26,28,37,40H,12,14-15,17-18H2,1-11H3;1-2H3/t20-,23?,25?,26?,28+,33?,34?;/m1./s1. The molecule has 3 aliphatic carbocycles. The van der Waals surface area contributed by atoms with Gasteiger partial charge < -0.3 is 14.9 Å². The summed E-state index contributed by atoms with van der Waals surface area (Å²) in [4.78, 5) is 28.6. The van der Waals surface area contributed by atoms with Crippen LogP contribution in [0.2, 0.25) is 0 Å². The van der Waals surface area contributed by atoms with Gasteiger partial charge in [-0.2, -0.15) is 5.10 Å². The molecule has 0 amide bonds. The Balaban J connectivity index is 0.00000248. The van der Waals surface area contributed by atoms with Crippen LogP contribution in [0.5, 0.6) is 0 Å². The molecule has 0 aromatic carbocycles. The number of nitrogens with zero attached hydrogens (tertiary/aromatic N) is 2. The summed E-state index contributed by atoms with van der Waals surface area (Å²) < 4.78 is 7.98. The predicted molar refractivity (Wildman–Crippen MR) is 172 cm³/mol. The molecule has 4 rings (SSSR count). The van der Waals surface area contributed by atoms with Crippen LogP contribution < -0.4 is 0 Å². The Morgan fingerprint density at radius 3 is 2.35 bits per heavy atom. The van der Waals surface area contributed by atoms with Crippen molar-refractivity contribution in [3.63, 3.8) is 0 Å². The van der Waals surface area contributed by atoms with Crippen LogP contribution in [0.15, 0.2) is 23.3 Å². The van der Waals surface area contributed by atoms with E-state index in [-0.39, 0.29) is 47.5 Å². The smallest absolute Gasteiger partial charge is 0.342 e. The van der Waals surface area contributed by atoms with Crippen molar-refractivity contribution in [1.29, 1.82) is 0 Å². The summed E-state index contributed by atoms with van der Waals surface area (Å²) in [5, 5.41) is 28.0. The van der Waals surface area contributed by atoms with Gasteiger partial charge in [-0.15, -0.1) is 0 Å². The molecule has 7 heteroatoms. The predicted octanol–water partition coefficient (Wildman–Crippen LogP) is 7.11. The van der Waals surface area contributed by atoms with Gasteiger partial charge in [-0.3, -0.25) is 9.48 Å². The fourth-order valence-electron chi connectivity index (χ4n) is 8.57. The molecule has 1 aromatic rings. The number of hydrogen-bond donors (Lipinski definition) is 2. The monoisotopic (exact) mass is 598 g/mol. The molecule has 7 nitrogen and oxygen atoms in total. The fraction of sp³-hybridized carbons (Fsp3) is 0.750. The summed E-state index contributed by atoms with van der Waals surface area (Å²) in [5.74, 6) is -0.486. The first-order valence-corrected chi connectivity index (χ1v) is 16.3. The molecule has 0 saturated heterocycles. The van der Waals surface area contributed by atoms with Gasteiger partial charge in [-0.1, -0.05) is 52.3 Å². The normalized spacial score (nSPS) is 31.8. The lowest BCUT2D eigenvalue weighted by Crippen LogP contribution is -2.63. The van der Waals surface area contributed by atoms with Crippen molar-refractivity contribution >= 4 is 11.8 Å². The second kappa shape index (κ2) is 12.3. The molecule has 2 fully saturated rings. The second-order valence-electron chi connectivity index (χ2n) is 15.0. The molecule has 43 heavy (non-hydrogen) atoms. The minimum absolute atomic E-state index is 0.0283. The van der Waals surface area contributed by atoms with Crippen LogP contribution in [0, 0.1) is 48.3 Å². The van der Waals surface area contributed by atoms with E-state index in [4.69, 9.17) is 4.74 Å². The second-order valence-corrected chi connectivity index (χ2v) is 15.0. The number of Topliss-reactive ketones (excluding diaryl/α,β-unsaturated/α-hetero) is 1. The van der Waals surface area contributed by atoms with Gasteiger partial charge in [0.2, 0.25) is 0 Å². The topological polar surface area (TPSA) is 102 Å². The maximum absolute atomic E-state index is 14.9. The van der Waals surface area contributed by atoms with Crippen LogP contribution >= 0.6 is 0 Å². The molecular weight excluding hydrogens is 540 g/mol. The number of carbonyl (C=O) groups is 2. The first kappa shape index (κ1) is 35.2. The zero-order chi connectivity index (χ0) is 32.9. The minimum Gasteiger partial charge on any atom is -0.456 e. The number of hydrogen-bond acceptors (Lipinski definition) is 6. The van der Waals surface area contributed by atoms with Gasteiger partial charge in [-0.05, 0) is 103 Å². The molecule has 2 saturated carbocycles. The van der Waals surface area contributed by atoms with Crippen molar-refractivity contribution in [3.8, 4) is 0 Å². The Hall–Kier alpha value is -2.25. The molecule has 5 unspecified atom stereocenters. The van der Waals surface area contributed by atoms with E-state index in [1.165, 1.54) is 0 Å².